The molecule has 0 N–H and O–H groups in total. The third-order valence-electron chi connectivity index (χ3n) is 6.19. The van der Waals surface area contributed by atoms with Crippen molar-refractivity contribution < 1.29 is 21.6 Å². The Kier molecular flexibility index (Phi) is 7.11. The molecule has 186 valence electrons. The zero-order valence-corrected chi connectivity index (χ0v) is 20.9. The van der Waals surface area contributed by atoms with Crippen LogP contribution in [-0.2, 0) is 21.8 Å². The summed E-state index contributed by atoms with van der Waals surface area (Å²) in [6, 6.07) is 11.3. The van der Waals surface area contributed by atoms with Crippen LogP contribution in [0, 0.1) is 12.8 Å². The van der Waals surface area contributed by atoms with Gasteiger partial charge in [0.15, 0.2) is 5.03 Å². The molecule has 1 aromatic carbocycles. The van der Waals surface area contributed by atoms with Gasteiger partial charge in [0.1, 0.15) is 5.82 Å². The Bertz CT molecular complexity index is 1340. The molecule has 1 saturated heterocycles. The molecule has 35 heavy (non-hydrogen) atoms. The van der Waals surface area contributed by atoms with Crippen LogP contribution < -0.4 is 4.90 Å². The predicted octanol–water partition coefficient (Wildman–Crippen LogP) is 6.33. The summed E-state index contributed by atoms with van der Waals surface area (Å²) in [5, 5.41) is 0.127. The topological polar surface area (TPSA) is 63.2 Å². The highest BCUT2D eigenvalue weighted by atomic mass is 35.5. The highest BCUT2D eigenvalue weighted by molar-refractivity contribution is 7.90. The maximum Gasteiger partial charge on any atom is 0.418 e. The van der Waals surface area contributed by atoms with Crippen molar-refractivity contribution in [1.29, 1.82) is 0 Å². The quantitative estimate of drug-likeness (QED) is 0.391. The zero-order chi connectivity index (χ0) is 25.4. The Balaban J connectivity index is 1.69. The van der Waals surface area contributed by atoms with E-state index in [1.165, 1.54) is 12.1 Å². The predicted molar refractivity (Wildman–Crippen MR) is 130 cm³/mol. The Morgan fingerprint density at radius 2 is 1.77 bits per heavy atom. The molecule has 0 spiro atoms. The molecule has 0 atom stereocenters. The van der Waals surface area contributed by atoms with Gasteiger partial charge in [-0.3, -0.25) is 4.98 Å². The van der Waals surface area contributed by atoms with Crippen LogP contribution in [0.5, 0.6) is 0 Å². The second-order valence-corrected chi connectivity index (χ2v) is 11.3. The summed E-state index contributed by atoms with van der Waals surface area (Å²) in [4.78, 5) is 10.6. The van der Waals surface area contributed by atoms with Gasteiger partial charge in [0.05, 0.1) is 22.7 Å². The molecule has 0 unspecified atom stereocenters. The molecule has 2 aromatic heterocycles. The van der Waals surface area contributed by atoms with Crippen LogP contribution in [0.1, 0.15) is 36.6 Å². The summed E-state index contributed by atoms with van der Waals surface area (Å²) in [6.07, 6.45) is -2.67. The second-order valence-electron chi connectivity index (χ2n) is 8.92. The van der Waals surface area contributed by atoms with Crippen LogP contribution in [0.2, 0.25) is 5.02 Å². The molecule has 5 nitrogen and oxygen atoms in total. The lowest BCUT2D eigenvalue weighted by Gasteiger charge is -2.31. The summed E-state index contributed by atoms with van der Waals surface area (Å²) in [5.41, 5.74) is -0.578. The van der Waals surface area contributed by atoms with Gasteiger partial charge in [-0.05, 0) is 67.6 Å². The van der Waals surface area contributed by atoms with Gasteiger partial charge < -0.3 is 4.90 Å². The van der Waals surface area contributed by atoms with E-state index in [2.05, 4.69) is 21.8 Å². The van der Waals surface area contributed by atoms with Crippen LogP contribution in [0.15, 0.2) is 53.6 Å². The number of anilines is 1. The number of alkyl halides is 3. The lowest BCUT2D eigenvalue weighted by Crippen LogP contribution is -2.33. The number of rotatable bonds is 5. The number of aryl methyl sites for hydroxylation is 1. The molecule has 1 aliphatic heterocycles. The molecular formula is C25H25ClF3N3O2S. The van der Waals surface area contributed by atoms with E-state index in [0.717, 1.165) is 38.1 Å². The minimum Gasteiger partial charge on any atom is -0.357 e. The first-order valence-corrected chi connectivity index (χ1v) is 13.3. The van der Waals surface area contributed by atoms with Crippen LogP contribution in [0.4, 0.5) is 19.0 Å². The van der Waals surface area contributed by atoms with Crippen LogP contribution >= 0.6 is 11.6 Å². The van der Waals surface area contributed by atoms with Crippen LogP contribution in [0.25, 0.3) is 11.3 Å². The first kappa shape index (κ1) is 25.4. The standard InChI is InChI=1S/C25H25ClF3N3O2S/c1-16-10-12-32(13-11-16)22-4-3-5-23(31-22)35(33,34)15-19-8-9-21(25(27,28)29)24(30-19)20-14-18(26)7-6-17(20)2/h3-9,14,16H,10-13,15H2,1-2H3. The highest BCUT2D eigenvalue weighted by Crippen LogP contribution is 2.38. The molecule has 0 bridgehead atoms. The number of halogens is 4. The molecule has 10 heteroatoms. The van der Waals surface area contributed by atoms with E-state index < -0.39 is 27.3 Å². The van der Waals surface area contributed by atoms with Crippen LogP contribution in [-0.4, -0.2) is 31.5 Å². The largest absolute Gasteiger partial charge is 0.418 e. The van der Waals surface area contributed by atoms with E-state index >= 15 is 0 Å². The van der Waals surface area contributed by atoms with E-state index in [1.807, 2.05) is 0 Å². The summed E-state index contributed by atoms with van der Waals surface area (Å²) in [6.45, 7) is 5.41. The van der Waals surface area contributed by atoms with Crippen molar-refractivity contribution >= 4 is 27.3 Å². The molecule has 1 fully saturated rings. The highest BCUT2D eigenvalue weighted by Gasteiger charge is 2.35. The molecule has 3 aromatic rings. The van der Waals surface area contributed by atoms with Gasteiger partial charge >= 0.3 is 6.18 Å². The molecule has 3 heterocycles. The Labute approximate surface area is 207 Å². The first-order chi connectivity index (χ1) is 16.4. The van der Waals surface area contributed by atoms with Gasteiger partial charge in [-0.1, -0.05) is 30.7 Å². The zero-order valence-electron chi connectivity index (χ0n) is 19.3. The average Bonchev–Trinajstić information content (AvgIpc) is 2.80. The molecule has 4 rings (SSSR count). The molecular weight excluding hydrogens is 499 g/mol. The Morgan fingerprint density at radius 1 is 1.06 bits per heavy atom. The number of sulfone groups is 1. The van der Waals surface area contributed by atoms with E-state index in [9.17, 15) is 21.6 Å². The molecule has 0 amide bonds. The lowest BCUT2D eigenvalue weighted by molar-refractivity contribution is -0.137. The third-order valence-corrected chi connectivity index (χ3v) is 7.96. The summed E-state index contributed by atoms with van der Waals surface area (Å²) in [5.74, 6) is 0.612. The van der Waals surface area contributed by atoms with Gasteiger partial charge in [-0.15, -0.1) is 0 Å². The fourth-order valence-corrected chi connectivity index (χ4v) is 5.51. The SMILES string of the molecule is Cc1ccc(Cl)cc1-c1nc(CS(=O)(=O)c2cccc(N3CCC(C)CC3)n2)ccc1C(F)(F)F. The van der Waals surface area contributed by atoms with E-state index in [0.29, 0.717) is 17.3 Å². The molecule has 0 saturated carbocycles. The number of pyridine rings is 2. The van der Waals surface area contributed by atoms with Crippen molar-refractivity contribution in [3.63, 3.8) is 0 Å². The van der Waals surface area contributed by atoms with Crippen molar-refractivity contribution in [3.8, 4) is 11.3 Å². The number of hydrogen-bond donors (Lipinski definition) is 0. The number of nitrogens with zero attached hydrogens (tertiary/aromatic N) is 3. The molecule has 1 aliphatic rings. The number of benzene rings is 1. The Morgan fingerprint density at radius 3 is 2.46 bits per heavy atom. The van der Waals surface area contributed by atoms with Crippen LogP contribution in [0.3, 0.4) is 0 Å². The van der Waals surface area contributed by atoms with Gasteiger partial charge in [-0.2, -0.15) is 13.2 Å². The number of hydrogen-bond acceptors (Lipinski definition) is 5. The normalized spacial score (nSPS) is 15.4. The molecule has 0 aliphatic carbocycles. The number of aromatic nitrogens is 2. The monoisotopic (exact) mass is 523 g/mol. The second kappa shape index (κ2) is 9.78. The maximum absolute atomic E-state index is 13.7. The summed E-state index contributed by atoms with van der Waals surface area (Å²) >= 11 is 6.03. The summed E-state index contributed by atoms with van der Waals surface area (Å²) < 4.78 is 67.6. The Hall–Kier alpha value is -2.65. The van der Waals surface area contributed by atoms with Gasteiger partial charge in [-0.25, -0.2) is 13.4 Å². The van der Waals surface area contributed by atoms with Gasteiger partial charge in [0.2, 0.25) is 9.84 Å². The van der Waals surface area contributed by atoms with Crippen molar-refractivity contribution in [2.24, 2.45) is 5.92 Å². The van der Waals surface area contributed by atoms with E-state index in [-0.39, 0.29) is 27.0 Å². The maximum atomic E-state index is 13.7. The third kappa shape index (κ3) is 5.78. The smallest absolute Gasteiger partial charge is 0.357 e. The van der Waals surface area contributed by atoms with Crippen molar-refractivity contribution in [3.05, 3.63) is 70.4 Å². The van der Waals surface area contributed by atoms with Gasteiger partial charge in [0, 0.05) is 23.7 Å². The first-order valence-electron chi connectivity index (χ1n) is 11.2. The van der Waals surface area contributed by atoms with Crippen molar-refractivity contribution in [1.82, 2.24) is 9.97 Å². The molecule has 0 radical (unpaired) electrons. The minimum atomic E-state index is -4.67. The van der Waals surface area contributed by atoms with Gasteiger partial charge in [0.25, 0.3) is 0 Å². The number of piperidine rings is 1. The minimum absolute atomic E-state index is 0.00799. The van der Waals surface area contributed by atoms with Crippen molar-refractivity contribution in [2.45, 2.75) is 43.6 Å². The van der Waals surface area contributed by atoms with E-state index in [1.54, 1.807) is 31.2 Å². The van der Waals surface area contributed by atoms with E-state index in [4.69, 9.17) is 11.6 Å². The fraction of sp³-hybridized carbons (Fsp3) is 0.360. The summed E-state index contributed by atoms with van der Waals surface area (Å²) in [7, 11) is -3.96. The lowest BCUT2D eigenvalue weighted by atomic mass is 9.99. The fourth-order valence-electron chi connectivity index (χ4n) is 4.12. The van der Waals surface area contributed by atoms with Crippen molar-refractivity contribution in [2.75, 3.05) is 18.0 Å². The average molecular weight is 524 g/mol.